The Balaban J connectivity index is 2.92. The molecule has 0 aliphatic carbocycles. The van der Waals surface area contributed by atoms with E-state index in [9.17, 15) is 8.42 Å². The zero-order valence-electron chi connectivity index (χ0n) is 11.7. The summed E-state index contributed by atoms with van der Waals surface area (Å²) in [7, 11) is -0.683. The highest BCUT2D eigenvalue weighted by molar-refractivity contribution is 7.89. The van der Waals surface area contributed by atoms with Crippen LogP contribution in [-0.2, 0) is 19.5 Å². The quantitative estimate of drug-likeness (QED) is 0.804. The fraction of sp³-hybridized carbons (Fsp3) is 0.462. The van der Waals surface area contributed by atoms with E-state index in [0.29, 0.717) is 11.1 Å². The number of sulfonamides is 1. The summed E-state index contributed by atoms with van der Waals surface area (Å²) in [5.41, 5.74) is 0.883. The molecule has 7 heteroatoms. The summed E-state index contributed by atoms with van der Waals surface area (Å²) in [5.74, 6) is 0. The molecule has 1 unspecified atom stereocenters. The van der Waals surface area contributed by atoms with E-state index in [4.69, 9.17) is 14.7 Å². The second kappa shape index (κ2) is 7.36. The van der Waals surface area contributed by atoms with Gasteiger partial charge in [0.15, 0.2) is 0 Å². The van der Waals surface area contributed by atoms with Gasteiger partial charge in [0.25, 0.3) is 0 Å². The number of nitrogens with zero attached hydrogens (tertiary/aromatic N) is 1. The Morgan fingerprint density at radius 1 is 1.40 bits per heavy atom. The lowest BCUT2D eigenvalue weighted by Gasteiger charge is -2.16. The van der Waals surface area contributed by atoms with E-state index in [0.717, 1.165) is 0 Å². The van der Waals surface area contributed by atoms with Crippen molar-refractivity contribution in [2.75, 3.05) is 27.4 Å². The Labute approximate surface area is 119 Å². The van der Waals surface area contributed by atoms with Gasteiger partial charge in [0.1, 0.15) is 0 Å². The fourth-order valence-electron chi connectivity index (χ4n) is 1.64. The molecule has 0 aromatic heterocycles. The summed E-state index contributed by atoms with van der Waals surface area (Å²) in [6.45, 7) is 2.07. The number of ether oxygens (including phenoxy) is 2. The van der Waals surface area contributed by atoms with Crippen molar-refractivity contribution in [2.45, 2.75) is 17.9 Å². The lowest BCUT2D eigenvalue weighted by molar-refractivity contribution is 0.0320. The van der Waals surface area contributed by atoms with Crippen LogP contribution in [0.4, 0.5) is 0 Å². The molecule has 0 saturated heterocycles. The lowest BCUT2D eigenvalue weighted by Crippen LogP contribution is -2.35. The van der Waals surface area contributed by atoms with Crippen LogP contribution in [0.15, 0.2) is 23.1 Å². The highest BCUT2D eigenvalue weighted by atomic mass is 32.2. The van der Waals surface area contributed by atoms with Crippen molar-refractivity contribution in [2.24, 2.45) is 0 Å². The molecule has 0 aliphatic heterocycles. The van der Waals surface area contributed by atoms with Crippen LogP contribution >= 0.6 is 0 Å². The molecule has 1 aromatic carbocycles. The van der Waals surface area contributed by atoms with Crippen LogP contribution in [0.25, 0.3) is 0 Å². The van der Waals surface area contributed by atoms with Gasteiger partial charge in [-0.2, -0.15) is 5.26 Å². The van der Waals surface area contributed by atoms with E-state index in [1.807, 2.05) is 6.07 Å². The first-order valence-corrected chi connectivity index (χ1v) is 7.45. The largest absolute Gasteiger partial charge is 0.382 e. The minimum atomic E-state index is -3.68. The number of nitrogens with one attached hydrogen (secondary N) is 1. The Bertz CT molecular complexity index is 593. The zero-order valence-corrected chi connectivity index (χ0v) is 12.5. The van der Waals surface area contributed by atoms with Crippen LogP contribution < -0.4 is 4.72 Å². The number of hydrogen-bond donors (Lipinski definition) is 1. The molecule has 0 fully saturated rings. The van der Waals surface area contributed by atoms with Gasteiger partial charge in [0, 0.05) is 20.8 Å². The second-order valence-corrected chi connectivity index (χ2v) is 5.99. The van der Waals surface area contributed by atoms with Crippen LogP contribution in [-0.4, -0.2) is 41.9 Å². The standard InChI is InChI=1S/C13H18N2O4S/c1-10-4-5-11(7-14)6-13(10)20(16,17)15-8-12(19-3)9-18-2/h4-6,12,15H,8-9H2,1-3H3. The number of aryl methyl sites for hydroxylation is 1. The summed E-state index contributed by atoms with van der Waals surface area (Å²) in [4.78, 5) is 0.101. The van der Waals surface area contributed by atoms with Gasteiger partial charge >= 0.3 is 0 Å². The molecule has 0 amide bonds. The molecule has 0 bridgehead atoms. The first-order chi connectivity index (χ1) is 9.44. The van der Waals surface area contributed by atoms with Crippen molar-refractivity contribution in [3.63, 3.8) is 0 Å². The maximum Gasteiger partial charge on any atom is 0.240 e. The summed E-state index contributed by atoms with van der Waals surface area (Å²) in [5, 5.41) is 8.84. The van der Waals surface area contributed by atoms with Gasteiger partial charge in [0.05, 0.1) is 29.2 Å². The van der Waals surface area contributed by atoms with E-state index in [2.05, 4.69) is 4.72 Å². The van der Waals surface area contributed by atoms with Crippen LogP contribution in [0.5, 0.6) is 0 Å². The number of nitriles is 1. The third-order valence-electron chi connectivity index (χ3n) is 2.79. The van der Waals surface area contributed by atoms with Crippen LogP contribution in [0.2, 0.25) is 0 Å². The van der Waals surface area contributed by atoms with Gasteiger partial charge in [-0.15, -0.1) is 0 Å². The van der Waals surface area contributed by atoms with E-state index < -0.39 is 10.0 Å². The summed E-state index contributed by atoms with van der Waals surface area (Å²) in [6, 6.07) is 6.47. The first-order valence-electron chi connectivity index (χ1n) is 5.96. The molecule has 6 nitrogen and oxygen atoms in total. The van der Waals surface area contributed by atoms with Crippen LogP contribution in [0.3, 0.4) is 0 Å². The smallest absolute Gasteiger partial charge is 0.240 e. The van der Waals surface area contributed by atoms with Crippen LogP contribution in [0, 0.1) is 18.3 Å². The molecule has 1 N–H and O–H groups in total. The van der Waals surface area contributed by atoms with Crippen molar-refractivity contribution in [3.8, 4) is 6.07 Å². The number of hydrogen-bond acceptors (Lipinski definition) is 5. The molecule has 0 spiro atoms. The summed E-state index contributed by atoms with van der Waals surface area (Å²) in [6.07, 6.45) is -0.366. The lowest BCUT2D eigenvalue weighted by atomic mass is 10.2. The summed E-state index contributed by atoms with van der Waals surface area (Å²) < 4.78 is 36.9. The first kappa shape index (κ1) is 16.6. The third kappa shape index (κ3) is 4.28. The molecule has 1 atom stereocenters. The number of benzene rings is 1. The van der Waals surface area contributed by atoms with Gasteiger partial charge in [0.2, 0.25) is 10.0 Å². The molecule has 0 radical (unpaired) electrons. The Kier molecular flexibility index (Phi) is 6.10. The van der Waals surface area contributed by atoms with E-state index in [1.165, 1.54) is 20.3 Å². The van der Waals surface area contributed by atoms with Crippen molar-refractivity contribution in [1.29, 1.82) is 5.26 Å². The maximum absolute atomic E-state index is 12.2. The molecular weight excluding hydrogens is 280 g/mol. The fourth-order valence-corrected chi connectivity index (χ4v) is 2.97. The average Bonchev–Trinajstić information content (AvgIpc) is 2.43. The second-order valence-electron chi connectivity index (χ2n) is 4.26. The van der Waals surface area contributed by atoms with Crippen molar-refractivity contribution >= 4 is 10.0 Å². The minimum absolute atomic E-state index is 0.100. The average molecular weight is 298 g/mol. The van der Waals surface area contributed by atoms with Gasteiger partial charge in [-0.1, -0.05) is 6.07 Å². The van der Waals surface area contributed by atoms with Gasteiger partial charge in [-0.05, 0) is 24.6 Å². The molecule has 1 aromatic rings. The summed E-state index contributed by atoms with van der Waals surface area (Å²) >= 11 is 0. The van der Waals surface area contributed by atoms with E-state index in [1.54, 1.807) is 19.1 Å². The predicted molar refractivity (Wildman–Crippen MR) is 73.8 cm³/mol. The highest BCUT2D eigenvalue weighted by Gasteiger charge is 2.19. The normalized spacial score (nSPS) is 12.9. The van der Waals surface area contributed by atoms with Crippen molar-refractivity contribution in [1.82, 2.24) is 4.72 Å². The number of rotatable bonds is 7. The molecule has 0 aliphatic rings. The van der Waals surface area contributed by atoms with Crippen LogP contribution in [0.1, 0.15) is 11.1 Å². The molecule has 0 heterocycles. The SMILES string of the molecule is COCC(CNS(=O)(=O)c1cc(C#N)ccc1C)OC. The molecule has 0 saturated carbocycles. The molecular formula is C13H18N2O4S. The van der Waals surface area contributed by atoms with E-state index in [-0.39, 0.29) is 24.2 Å². The molecule has 20 heavy (non-hydrogen) atoms. The highest BCUT2D eigenvalue weighted by Crippen LogP contribution is 2.16. The molecule has 1 rings (SSSR count). The molecule has 110 valence electrons. The van der Waals surface area contributed by atoms with Gasteiger partial charge in [-0.3, -0.25) is 0 Å². The van der Waals surface area contributed by atoms with Crippen molar-refractivity contribution in [3.05, 3.63) is 29.3 Å². The maximum atomic E-state index is 12.2. The Morgan fingerprint density at radius 2 is 2.10 bits per heavy atom. The van der Waals surface area contributed by atoms with E-state index >= 15 is 0 Å². The Hall–Kier alpha value is -1.46. The zero-order chi connectivity index (χ0) is 15.2. The Morgan fingerprint density at radius 3 is 2.65 bits per heavy atom. The number of methoxy groups -OCH3 is 2. The topological polar surface area (TPSA) is 88.4 Å². The van der Waals surface area contributed by atoms with Gasteiger partial charge < -0.3 is 9.47 Å². The predicted octanol–water partition coefficient (Wildman–Crippen LogP) is 0.806. The van der Waals surface area contributed by atoms with Crippen molar-refractivity contribution < 1.29 is 17.9 Å². The van der Waals surface area contributed by atoms with Gasteiger partial charge in [-0.25, -0.2) is 13.1 Å². The monoisotopic (exact) mass is 298 g/mol. The minimum Gasteiger partial charge on any atom is -0.382 e. The third-order valence-corrected chi connectivity index (χ3v) is 4.36.